The van der Waals surface area contributed by atoms with Gasteiger partial charge in [0.05, 0.1) is 18.4 Å². The van der Waals surface area contributed by atoms with E-state index in [0.717, 1.165) is 23.4 Å². The number of piperidine rings is 1. The first-order valence-corrected chi connectivity index (χ1v) is 11.7. The number of hydrogen-bond donors (Lipinski definition) is 2. The number of aryl methyl sites for hydroxylation is 1. The molecule has 0 atom stereocenters. The molecule has 2 heterocycles. The fraction of sp³-hybridized carbons (Fsp3) is 0.391. The zero-order valence-corrected chi connectivity index (χ0v) is 19.3. The number of likely N-dealkylation sites (tertiary alicyclic amines) is 1. The molecular formula is C23H28N4O4S. The number of rotatable bonds is 6. The predicted octanol–water partition coefficient (Wildman–Crippen LogP) is 2.73. The second-order valence-corrected chi connectivity index (χ2v) is 8.46. The van der Waals surface area contributed by atoms with E-state index in [4.69, 9.17) is 4.74 Å². The maximum absolute atomic E-state index is 12.8. The second kappa shape index (κ2) is 11.0. The van der Waals surface area contributed by atoms with Gasteiger partial charge in [-0.3, -0.25) is 14.4 Å². The number of anilines is 1. The molecule has 3 amide bonds. The average Bonchev–Trinajstić information content (AvgIpc) is 2.82. The van der Waals surface area contributed by atoms with Crippen LogP contribution in [-0.4, -0.2) is 60.6 Å². The molecule has 0 unspecified atom stereocenters. The fourth-order valence-corrected chi connectivity index (χ4v) is 4.18. The molecule has 1 aromatic carbocycles. The van der Waals surface area contributed by atoms with Crippen LogP contribution in [0, 0.1) is 12.8 Å². The minimum Gasteiger partial charge on any atom is -0.495 e. The smallest absolute Gasteiger partial charge is 0.313 e. The van der Waals surface area contributed by atoms with Gasteiger partial charge in [0.15, 0.2) is 0 Å². The highest BCUT2D eigenvalue weighted by Crippen LogP contribution is 2.25. The van der Waals surface area contributed by atoms with Crippen LogP contribution in [0.4, 0.5) is 5.69 Å². The summed E-state index contributed by atoms with van der Waals surface area (Å²) in [6.45, 7) is 3.49. The Morgan fingerprint density at radius 2 is 1.94 bits per heavy atom. The van der Waals surface area contributed by atoms with Gasteiger partial charge in [0.2, 0.25) is 0 Å². The molecule has 170 valence electrons. The quantitative estimate of drug-likeness (QED) is 0.512. The third-order valence-electron chi connectivity index (χ3n) is 5.46. The van der Waals surface area contributed by atoms with E-state index in [1.54, 1.807) is 30.5 Å². The second-order valence-electron chi connectivity index (χ2n) is 7.66. The Morgan fingerprint density at radius 3 is 2.62 bits per heavy atom. The first kappa shape index (κ1) is 23.6. The number of hydrogen-bond acceptors (Lipinski definition) is 6. The lowest BCUT2D eigenvalue weighted by atomic mass is 9.96. The maximum atomic E-state index is 12.8. The lowest BCUT2D eigenvalue weighted by molar-refractivity contribution is -0.136. The minimum absolute atomic E-state index is 0.0172. The third-order valence-corrected chi connectivity index (χ3v) is 6.17. The van der Waals surface area contributed by atoms with Crippen LogP contribution in [-0.2, 0) is 9.59 Å². The molecular weight excluding hydrogens is 428 g/mol. The Kier molecular flexibility index (Phi) is 8.10. The SMILES string of the molecule is COc1ccc(C)cc1NC(=O)C(=O)NCC1CCN(C(=O)c2cccnc2SC)CC1. The zero-order valence-electron chi connectivity index (χ0n) is 18.5. The van der Waals surface area contributed by atoms with Crippen molar-refractivity contribution in [1.29, 1.82) is 0 Å². The molecule has 1 aliphatic rings. The Balaban J connectivity index is 1.47. The van der Waals surface area contributed by atoms with Crippen molar-refractivity contribution in [3.8, 4) is 5.75 Å². The Morgan fingerprint density at radius 1 is 1.19 bits per heavy atom. The molecule has 9 heteroatoms. The monoisotopic (exact) mass is 456 g/mol. The van der Waals surface area contributed by atoms with E-state index in [9.17, 15) is 14.4 Å². The van der Waals surface area contributed by atoms with E-state index in [1.165, 1.54) is 18.9 Å². The number of amides is 3. The predicted molar refractivity (Wildman–Crippen MR) is 124 cm³/mol. The molecule has 2 aromatic rings. The van der Waals surface area contributed by atoms with Crippen molar-refractivity contribution in [1.82, 2.24) is 15.2 Å². The topological polar surface area (TPSA) is 101 Å². The van der Waals surface area contributed by atoms with Gasteiger partial charge in [-0.25, -0.2) is 4.98 Å². The molecule has 0 bridgehead atoms. The van der Waals surface area contributed by atoms with E-state index in [0.29, 0.717) is 36.6 Å². The number of aromatic nitrogens is 1. The molecule has 0 spiro atoms. The summed E-state index contributed by atoms with van der Waals surface area (Å²) < 4.78 is 5.23. The number of methoxy groups -OCH3 is 1. The molecule has 1 aliphatic heterocycles. The molecule has 0 aliphatic carbocycles. The van der Waals surface area contributed by atoms with Crippen molar-refractivity contribution in [2.45, 2.75) is 24.8 Å². The van der Waals surface area contributed by atoms with Crippen LogP contribution in [0.5, 0.6) is 5.75 Å². The Bertz CT molecular complexity index is 990. The third kappa shape index (κ3) is 5.79. The summed E-state index contributed by atoms with van der Waals surface area (Å²) in [5.74, 6) is -0.739. The molecule has 3 rings (SSSR count). The van der Waals surface area contributed by atoms with Gasteiger partial charge in [-0.15, -0.1) is 11.8 Å². The summed E-state index contributed by atoms with van der Waals surface area (Å²) in [4.78, 5) is 43.5. The summed E-state index contributed by atoms with van der Waals surface area (Å²) >= 11 is 1.45. The Hall–Kier alpha value is -3.07. The summed E-state index contributed by atoms with van der Waals surface area (Å²) in [5, 5.41) is 6.04. The van der Waals surface area contributed by atoms with Crippen molar-refractivity contribution in [3.05, 3.63) is 47.7 Å². The molecule has 32 heavy (non-hydrogen) atoms. The van der Waals surface area contributed by atoms with E-state index >= 15 is 0 Å². The first-order chi connectivity index (χ1) is 15.4. The molecule has 0 saturated carbocycles. The van der Waals surface area contributed by atoms with E-state index in [1.807, 2.05) is 24.1 Å². The highest BCUT2D eigenvalue weighted by molar-refractivity contribution is 7.98. The van der Waals surface area contributed by atoms with Crippen molar-refractivity contribution < 1.29 is 19.1 Å². The van der Waals surface area contributed by atoms with E-state index in [2.05, 4.69) is 15.6 Å². The largest absolute Gasteiger partial charge is 0.495 e. The number of carbonyl (C=O) groups excluding carboxylic acids is 3. The molecule has 1 fully saturated rings. The van der Waals surface area contributed by atoms with Gasteiger partial charge in [0, 0.05) is 25.8 Å². The number of nitrogens with one attached hydrogen (secondary N) is 2. The summed E-state index contributed by atoms with van der Waals surface area (Å²) in [6, 6.07) is 8.93. The Labute approximate surface area is 192 Å². The lowest BCUT2D eigenvalue weighted by Gasteiger charge is -2.32. The number of thioether (sulfide) groups is 1. The highest BCUT2D eigenvalue weighted by atomic mass is 32.2. The van der Waals surface area contributed by atoms with Gasteiger partial charge < -0.3 is 20.3 Å². The van der Waals surface area contributed by atoms with Crippen LogP contribution in [0.15, 0.2) is 41.6 Å². The zero-order chi connectivity index (χ0) is 23.1. The van der Waals surface area contributed by atoms with Crippen LogP contribution in [0.3, 0.4) is 0 Å². The summed E-state index contributed by atoms with van der Waals surface area (Å²) in [7, 11) is 1.51. The van der Waals surface area contributed by atoms with Gasteiger partial charge in [-0.1, -0.05) is 6.07 Å². The standard InChI is InChI=1S/C23H28N4O4S/c1-15-6-7-19(31-2)18(13-15)26-21(29)20(28)25-14-16-8-11-27(12-9-16)23(30)17-5-4-10-24-22(17)32-3/h4-7,10,13,16H,8-9,11-12,14H2,1-3H3,(H,25,28)(H,26,29). The minimum atomic E-state index is -0.734. The first-order valence-electron chi connectivity index (χ1n) is 10.4. The number of ether oxygens (including phenoxy) is 1. The number of carbonyl (C=O) groups is 3. The van der Waals surface area contributed by atoms with Gasteiger partial charge in [0.1, 0.15) is 10.8 Å². The van der Waals surface area contributed by atoms with Gasteiger partial charge in [-0.2, -0.15) is 0 Å². The van der Waals surface area contributed by atoms with Gasteiger partial charge >= 0.3 is 11.8 Å². The van der Waals surface area contributed by atoms with Gasteiger partial charge in [-0.05, 0) is 61.8 Å². The van der Waals surface area contributed by atoms with Crippen LogP contribution in [0.1, 0.15) is 28.8 Å². The van der Waals surface area contributed by atoms with E-state index in [-0.39, 0.29) is 11.8 Å². The van der Waals surface area contributed by atoms with Crippen molar-refractivity contribution in [2.75, 3.05) is 38.3 Å². The van der Waals surface area contributed by atoms with Crippen LogP contribution >= 0.6 is 11.8 Å². The molecule has 1 aromatic heterocycles. The molecule has 2 N–H and O–H groups in total. The maximum Gasteiger partial charge on any atom is 0.313 e. The average molecular weight is 457 g/mol. The van der Waals surface area contributed by atoms with Crippen molar-refractivity contribution in [2.24, 2.45) is 5.92 Å². The molecule has 8 nitrogen and oxygen atoms in total. The van der Waals surface area contributed by atoms with Gasteiger partial charge in [0.25, 0.3) is 5.91 Å². The number of benzene rings is 1. The number of pyridine rings is 1. The molecule has 1 saturated heterocycles. The highest BCUT2D eigenvalue weighted by Gasteiger charge is 2.26. The lowest BCUT2D eigenvalue weighted by Crippen LogP contribution is -2.43. The molecule has 0 radical (unpaired) electrons. The fourth-order valence-electron chi connectivity index (χ4n) is 3.64. The van der Waals surface area contributed by atoms with E-state index < -0.39 is 11.8 Å². The van der Waals surface area contributed by atoms with Crippen LogP contribution in [0.25, 0.3) is 0 Å². The van der Waals surface area contributed by atoms with Crippen LogP contribution in [0.2, 0.25) is 0 Å². The summed E-state index contributed by atoms with van der Waals surface area (Å²) in [5.41, 5.74) is 2.02. The van der Waals surface area contributed by atoms with Crippen molar-refractivity contribution >= 4 is 35.2 Å². The normalized spacial score (nSPS) is 14.0. The van der Waals surface area contributed by atoms with Crippen molar-refractivity contribution in [3.63, 3.8) is 0 Å². The summed E-state index contributed by atoms with van der Waals surface area (Å²) in [6.07, 6.45) is 5.10. The number of nitrogens with zero attached hydrogens (tertiary/aromatic N) is 2. The van der Waals surface area contributed by atoms with Crippen LogP contribution < -0.4 is 15.4 Å².